The Balaban J connectivity index is 1.65. The van der Waals surface area contributed by atoms with Gasteiger partial charge in [0.15, 0.2) is 5.13 Å². The van der Waals surface area contributed by atoms with Crippen LogP contribution in [0.2, 0.25) is 0 Å². The Morgan fingerprint density at radius 1 is 0.900 bits per heavy atom. The number of benzene rings is 3. The molecule has 0 unspecified atom stereocenters. The lowest BCUT2D eigenvalue weighted by atomic mass is 10.1. The molecule has 0 N–H and O–H groups in total. The van der Waals surface area contributed by atoms with Crippen LogP contribution in [0.25, 0.3) is 10.2 Å². The van der Waals surface area contributed by atoms with Crippen molar-refractivity contribution in [3.63, 3.8) is 0 Å². The lowest BCUT2D eigenvalue weighted by Crippen LogP contribution is -2.31. The number of methoxy groups -OCH3 is 2. The predicted octanol–water partition coefficient (Wildman–Crippen LogP) is 5.09. The minimum absolute atomic E-state index is 0.00459. The summed E-state index contributed by atoms with van der Waals surface area (Å²) in [6.07, 6.45) is 0.288. The molecule has 0 atom stereocenters. The number of hydrogen-bond acceptors (Lipinski definition) is 5. The molecule has 0 spiro atoms. The first kappa shape index (κ1) is 19.9. The van der Waals surface area contributed by atoms with Gasteiger partial charge in [0.25, 0.3) is 0 Å². The molecule has 0 saturated heterocycles. The highest BCUT2D eigenvalue weighted by atomic mass is 32.1. The molecule has 0 aliphatic carbocycles. The SMILES string of the molecule is COc1ccc(CC(=O)N(Cc2ccccc2)c2nc3ccc(OC)cc3s2)cc1. The highest BCUT2D eigenvalue weighted by Crippen LogP contribution is 2.32. The minimum atomic E-state index is -0.00459. The van der Waals surface area contributed by atoms with Crippen molar-refractivity contribution in [1.29, 1.82) is 0 Å². The van der Waals surface area contributed by atoms with E-state index >= 15 is 0 Å². The normalized spacial score (nSPS) is 10.7. The molecule has 152 valence electrons. The average Bonchev–Trinajstić information content (AvgIpc) is 3.21. The zero-order chi connectivity index (χ0) is 20.9. The van der Waals surface area contributed by atoms with Crippen molar-refractivity contribution in [3.8, 4) is 11.5 Å². The third-order valence-electron chi connectivity index (χ3n) is 4.81. The molecule has 4 aromatic rings. The van der Waals surface area contributed by atoms with Gasteiger partial charge in [-0.2, -0.15) is 0 Å². The fourth-order valence-corrected chi connectivity index (χ4v) is 4.19. The van der Waals surface area contributed by atoms with Crippen LogP contribution < -0.4 is 14.4 Å². The second-order valence-electron chi connectivity index (χ2n) is 6.82. The van der Waals surface area contributed by atoms with Crippen LogP contribution in [0.5, 0.6) is 11.5 Å². The van der Waals surface area contributed by atoms with E-state index in [2.05, 4.69) is 0 Å². The molecule has 0 aliphatic heterocycles. The molecule has 0 radical (unpaired) electrons. The smallest absolute Gasteiger partial charge is 0.233 e. The summed E-state index contributed by atoms with van der Waals surface area (Å²) in [6.45, 7) is 0.465. The van der Waals surface area contributed by atoms with E-state index < -0.39 is 0 Å². The number of hydrogen-bond donors (Lipinski definition) is 0. The first-order chi connectivity index (χ1) is 14.7. The van der Waals surface area contributed by atoms with E-state index in [9.17, 15) is 4.79 Å². The average molecular weight is 419 g/mol. The van der Waals surface area contributed by atoms with Gasteiger partial charge in [0.2, 0.25) is 5.91 Å². The van der Waals surface area contributed by atoms with Crippen LogP contribution in [0, 0.1) is 0 Å². The molecule has 5 nitrogen and oxygen atoms in total. The van der Waals surface area contributed by atoms with Crippen LogP contribution in [-0.4, -0.2) is 25.1 Å². The zero-order valence-electron chi connectivity index (χ0n) is 16.9. The Labute approximate surface area is 179 Å². The summed E-state index contributed by atoms with van der Waals surface area (Å²) >= 11 is 1.49. The number of aromatic nitrogens is 1. The van der Waals surface area contributed by atoms with Crippen LogP contribution in [0.1, 0.15) is 11.1 Å². The second-order valence-corrected chi connectivity index (χ2v) is 7.83. The van der Waals surface area contributed by atoms with E-state index in [0.717, 1.165) is 32.8 Å². The molecule has 6 heteroatoms. The number of fused-ring (bicyclic) bond motifs is 1. The maximum Gasteiger partial charge on any atom is 0.233 e. The van der Waals surface area contributed by atoms with Crippen LogP contribution >= 0.6 is 11.3 Å². The number of rotatable bonds is 7. The molecule has 0 saturated carbocycles. The number of carbonyl (C=O) groups is 1. The van der Waals surface area contributed by atoms with E-state index in [1.807, 2.05) is 72.8 Å². The van der Waals surface area contributed by atoms with Gasteiger partial charge in [0.05, 0.1) is 37.4 Å². The third-order valence-corrected chi connectivity index (χ3v) is 5.86. The van der Waals surface area contributed by atoms with Crippen molar-refractivity contribution in [2.45, 2.75) is 13.0 Å². The van der Waals surface area contributed by atoms with Gasteiger partial charge < -0.3 is 9.47 Å². The van der Waals surface area contributed by atoms with Gasteiger partial charge in [-0.1, -0.05) is 53.8 Å². The van der Waals surface area contributed by atoms with Crippen molar-refractivity contribution >= 4 is 32.6 Å². The summed E-state index contributed by atoms with van der Waals surface area (Å²) in [4.78, 5) is 19.8. The maximum absolute atomic E-state index is 13.3. The van der Waals surface area contributed by atoms with Gasteiger partial charge in [0, 0.05) is 0 Å². The fourth-order valence-electron chi connectivity index (χ4n) is 3.18. The Hall–Kier alpha value is -3.38. The number of nitrogens with zero attached hydrogens (tertiary/aromatic N) is 2. The van der Waals surface area contributed by atoms with Crippen LogP contribution in [0.15, 0.2) is 72.8 Å². The minimum Gasteiger partial charge on any atom is -0.497 e. The number of carbonyl (C=O) groups excluding carboxylic acids is 1. The van der Waals surface area contributed by atoms with E-state index in [1.54, 1.807) is 19.1 Å². The third kappa shape index (κ3) is 4.44. The maximum atomic E-state index is 13.3. The molecule has 0 aliphatic rings. The van der Waals surface area contributed by atoms with Gasteiger partial charge in [-0.25, -0.2) is 4.98 Å². The van der Waals surface area contributed by atoms with Gasteiger partial charge >= 0.3 is 0 Å². The lowest BCUT2D eigenvalue weighted by molar-refractivity contribution is -0.118. The number of thiazole rings is 1. The molecule has 30 heavy (non-hydrogen) atoms. The Morgan fingerprint density at radius 2 is 1.60 bits per heavy atom. The first-order valence-corrected chi connectivity index (χ1v) is 10.4. The largest absolute Gasteiger partial charge is 0.497 e. The summed E-state index contributed by atoms with van der Waals surface area (Å²) in [5.74, 6) is 1.54. The predicted molar refractivity (Wildman–Crippen MR) is 121 cm³/mol. The Morgan fingerprint density at radius 3 is 2.30 bits per heavy atom. The highest BCUT2D eigenvalue weighted by Gasteiger charge is 2.21. The molecule has 0 fully saturated rings. The molecule has 1 heterocycles. The molecule has 1 amide bonds. The van der Waals surface area contributed by atoms with Gasteiger partial charge in [-0.15, -0.1) is 0 Å². The summed E-state index contributed by atoms with van der Waals surface area (Å²) < 4.78 is 11.5. The highest BCUT2D eigenvalue weighted by molar-refractivity contribution is 7.22. The van der Waals surface area contributed by atoms with E-state index in [1.165, 1.54) is 11.3 Å². The van der Waals surface area contributed by atoms with Crippen molar-refractivity contribution in [3.05, 3.63) is 83.9 Å². The summed E-state index contributed by atoms with van der Waals surface area (Å²) in [7, 11) is 3.27. The molecule has 0 bridgehead atoms. The van der Waals surface area contributed by atoms with Crippen molar-refractivity contribution in [2.75, 3.05) is 19.1 Å². The molecule has 4 rings (SSSR count). The fraction of sp³-hybridized carbons (Fsp3) is 0.167. The second kappa shape index (κ2) is 8.97. The molecular formula is C24H22N2O3S. The van der Waals surface area contributed by atoms with Crippen molar-refractivity contribution in [2.24, 2.45) is 0 Å². The number of amides is 1. The first-order valence-electron chi connectivity index (χ1n) is 9.58. The Kier molecular flexibility index (Phi) is 5.95. The van der Waals surface area contributed by atoms with Crippen LogP contribution in [0.4, 0.5) is 5.13 Å². The quantitative estimate of drug-likeness (QED) is 0.420. The van der Waals surface area contributed by atoms with E-state index in [4.69, 9.17) is 14.5 Å². The lowest BCUT2D eigenvalue weighted by Gasteiger charge is -2.20. The summed E-state index contributed by atoms with van der Waals surface area (Å²) in [5.41, 5.74) is 2.84. The standard InChI is InChI=1S/C24H22N2O3S/c1-28-19-10-8-17(9-11-19)14-23(27)26(16-18-6-4-3-5-7-18)24-25-21-13-12-20(29-2)15-22(21)30-24/h3-13,15H,14,16H2,1-2H3. The van der Waals surface area contributed by atoms with Gasteiger partial charge in [-0.05, 0) is 41.5 Å². The van der Waals surface area contributed by atoms with Gasteiger partial charge in [-0.3, -0.25) is 9.69 Å². The van der Waals surface area contributed by atoms with E-state index in [-0.39, 0.29) is 12.3 Å². The van der Waals surface area contributed by atoms with Crippen molar-refractivity contribution in [1.82, 2.24) is 4.98 Å². The molecule has 1 aromatic heterocycles. The van der Waals surface area contributed by atoms with Gasteiger partial charge in [0.1, 0.15) is 11.5 Å². The molecule has 3 aromatic carbocycles. The van der Waals surface area contributed by atoms with Crippen molar-refractivity contribution < 1.29 is 14.3 Å². The number of anilines is 1. The summed E-state index contributed by atoms with van der Waals surface area (Å²) in [5, 5.41) is 0.681. The topological polar surface area (TPSA) is 51.7 Å². The summed E-state index contributed by atoms with van der Waals surface area (Å²) in [6, 6.07) is 23.3. The van der Waals surface area contributed by atoms with Crippen LogP contribution in [0.3, 0.4) is 0 Å². The molecular weight excluding hydrogens is 396 g/mol. The van der Waals surface area contributed by atoms with Crippen LogP contribution in [-0.2, 0) is 17.8 Å². The zero-order valence-corrected chi connectivity index (χ0v) is 17.7. The number of ether oxygens (including phenoxy) is 2. The monoisotopic (exact) mass is 418 g/mol. The van der Waals surface area contributed by atoms with E-state index in [0.29, 0.717) is 11.7 Å². The Bertz CT molecular complexity index is 1140.